The molecule has 17 heavy (non-hydrogen) atoms. The van der Waals surface area contributed by atoms with Gasteiger partial charge in [0.05, 0.1) is 6.67 Å². The second-order valence-electron chi connectivity index (χ2n) is 3.26. The van der Waals surface area contributed by atoms with Crippen LogP contribution in [0.5, 0.6) is 0 Å². The van der Waals surface area contributed by atoms with Crippen LogP contribution in [-0.4, -0.2) is 32.1 Å². The van der Waals surface area contributed by atoms with E-state index in [1.165, 1.54) is 0 Å². The molecule has 92 valence electrons. The molecule has 0 bridgehead atoms. The molecule has 1 aromatic carbocycles. The van der Waals surface area contributed by atoms with Crippen LogP contribution < -0.4 is 16.0 Å². The van der Waals surface area contributed by atoms with Gasteiger partial charge in [-0.3, -0.25) is 14.9 Å². The molecule has 6 heteroatoms. The van der Waals surface area contributed by atoms with Crippen LogP contribution >= 0.6 is 15.9 Å². The van der Waals surface area contributed by atoms with Gasteiger partial charge in [0.1, 0.15) is 0 Å². The van der Waals surface area contributed by atoms with E-state index in [1.807, 2.05) is 12.1 Å². The molecule has 0 aliphatic carbocycles. The van der Waals surface area contributed by atoms with Crippen LogP contribution in [0, 0.1) is 0 Å². The van der Waals surface area contributed by atoms with Crippen LogP contribution in [0.2, 0.25) is 0 Å². The fraction of sp³-hybridized carbons (Fsp3) is 0.273. The summed E-state index contributed by atoms with van der Waals surface area (Å²) in [7, 11) is 0. The summed E-state index contributed by atoms with van der Waals surface area (Å²) < 4.78 is 0.937. The Morgan fingerprint density at radius 3 is 2.59 bits per heavy atom. The third kappa shape index (κ3) is 5.46. The Hall–Kier alpha value is -1.40. The maximum atomic E-state index is 11.6. The predicted molar refractivity (Wildman–Crippen MR) is 68.5 cm³/mol. The Balaban J connectivity index is 2.21. The molecule has 0 saturated heterocycles. The minimum atomic E-state index is -0.131. The fourth-order valence-corrected chi connectivity index (χ4v) is 1.42. The molecule has 0 fully saturated rings. The highest BCUT2D eigenvalue weighted by Gasteiger charge is 2.03. The van der Waals surface area contributed by atoms with Crippen molar-refractivity contribution in [3.63, 3.8) is 0 Å². The van der Waals surface area contributed by atoms with Crippen molar-refractivity contribution in [2.24, 2.45) is 0 Å². The molecule has 0 radical (unpaired) electrons. The zero-order valence-electron chi connectivity index (χ0n) is 9.20. The van der Waals surface area contributed by atoms with Crippen molar-refractivity contribution in [2.45, 2.75) is 0 Å². The van der Waals surface area contributed by atoms with Crippen LogP contribution in [0.15, 0.2) is 28.7 Å². The van der Waals surface area contributed by atoms with E-state index in [-0.39, 0.29) is 5.91 Å². The van der Waals surface area contributed by atoms with Gasteiger partial charge >= 0.3 is 0 Å². The zero-order chi connectivity index (χ0) is 12.5. The average Bonchev–Trinajstić information content (AvgIpc) is 2.34. The van der Waals surface area contributed by atoms with Gasteiger partial charge in [0.15, 0.2) is 0 Å². The maximum Gasteiger partial charge on any atom is 0.252 e. The minimum Gasteiger partial charge on any atom is -0.357 e. The number of nitrogens with one attached hydrogen (secondary N) is 3. The predicted octanol–water partition coefficient (Wildman–Crippen LogP) is 0.472. The molecule has 2 amide bonds. The third-order valence-electron chi connectivity index (χ3n) is 2.01. The summed E-state index contributed by atoms with van der Waals surface area (Å²) in [6.07, 6.45) is 0.641. The van der Waals surface area contributed by atoms with Crippen molar-refractivity contribution >= 4 is 28.2 Å². The first-order chi connectivity index (χ1) is 8.24. The average molecular weight is 300 g/mol. The van der Waals surface area contributed by atoms with Gasteiger partial charge in [-0.1, -0.05) is 15.9 Å². The summed E-state index contributed by atoms with van der Waals surface area (Å²) in [4.78, 5) is 21.6. The van der Waals surface area contributed by atoms with Gasteiger partial charge in [0.25, 0.3) is 5.91 Å². The quantitative estimate of drug-likeness (QED) is 0.389. The van der Waals surface area contributed by atoms with E-state index in [2.05, 4.69) is 31.9 Å². The van der Waals surface area contributed by atoms with Crippen molar-refractivity contribution in [1.29, 1.82) is 0 Å². The molecule has 5 nitrogen and oxygen atoms in total. The van der Waals surface area contributed by atoms with Gasteiger partial charge in [-0.15, -0.1) is 0 Å². The van der Waals surface area contributed by atoms with E-state index in [4.69, 9.17) is 0 Å². The number of carbonyl (C=O) groups excluding carboxylic acids is 2. The maximum absolute atomic E-state index is 11.6. The van der Waals surface area contributed by atoms with Crippen molar-refractivity contribution in [3.8, 4) is 0 Å². The molecular formula is C11H14BrN3O2. The molecular weight excluding hydrogens is 286 g/mol. The normalized spacial score (nSPS) is 9.71. The summed E-state index contributed by atoms with van der Waals surface area (Å²) in [6, 6.07) is 7.12. The van der Waals surface area contributed by atoms with E-state index in [0.717, 1.165) is 4.47 Å². The third-order valence-corrected chi connectivity index (χ3v) is 2.54. The molecule has 3 N–H and O–H groups in total. The number of benzene rings is 1. The summed E-state index contributed by atoms with van der Waals surface area (Å²) >= 11 is 3.30. The first-order valence-electron chi connectivity index (χ1n) is 5.15. The molecule has 0 spiro atoms. The highest BCUT2D eigenvalue weighted by atomic mass is 79.9. The van der Waals surface area contributed by atoms with Gasteiger partial charge < -0.3 is 10.6 Å². The Bertz CT molecular complexity index is 367. The van der Waals surface area contributed by atoms with E-state index in [0.29, 0.717) is 31.7 Å². The summed E-state index contributed by atoms with van der Waals surface area (Å²) in [6.45, 7) is 1.52. The molecule has 0 atom stereocenters. The lowest BCUT2D eigenvalue weighted by atomic mass is 10.2. The molecule has 0 aliphatic rings. The first-order valence-corrected chi connectivity index (χ1v) is 5.95. The fourth-order valence-electron chi connectivity index (χ4n) is 1.15. The second-order valence-corrected chi connectivity index (χ2v) is 4.18. The van der Waals surface area contributed by atoms with Crippen LogP contribution in [0.3, 0.4) is 0 Å². The molecule has 0 saturated carbocycles. The van der Waals surface area contributed by atoms with Crippen LogP contribution in [0.4, 0.5) is 0 Å². The topological polar surface area (TPSA) is 70.2 Å². The Kier molecular flexibility index (Phi) is 6.27. The van der Waals surface area contributed by atoms with Gasteiger partial charge in [-0.25, -0.2) is 0 Å². The Morgan fingerprint density at radius 1 is 1.24 bits per heavy atom. The molecule has 0 aromatic heterocycles. The largest absolute Gasteiger partial charge is 0.357 e. The number of halogens is 1. The van der Waals surface area contributed by atoms with Gasteiger partial charge in [0, 0.05) is 23.1 Å². The van der Waals surface area contributed by atoms with Crippen molar-refractivity contribution in [2.75, 3.05) is 19.8 Å². The van der Waals surface area contributed by atoms with Gasteiger partial charge in [-0.2, -0.15) is 0 Å². The van der Waals surface area contributed by atoms with E-state index in [9.17, 15) is 9.59 Å². The summed E-state index contributed by atoms with van der Waals surface area (Å²) in [5.41, 5.74) is 0.612. The Morgan fingerprint density at radius 2 is 1.94 bits per heavy atom. The standard InChI is InChI=1S/C11H14BrN3O2/c12-10-3-1-9(2-4-10)11(17)15-7-13-5-6-14-8-16/h1-4,8,13H,5-7H2,(H,14,16)(H,15,17). The SMILES string of the molecule is O=CNCCNCNC(=O)c1ccc(Br)cc1. The monoisotopic (exact) mass is 299 g/mol. The van der Waals surface area contributed by atoms with E-state index < -0.39 is 0 Å². The first kappa shape index (κ1) is 13.7. The molecule has 0 unspecified atom stereocenters. The van der Waals surface area contributed by atoms with Crippen molar-refractivity contribution < 1.29 is 9.59 Å². The summed E-state index contributed by atoms with van der Waals surface area (Å²) in [5.74, 6) is -0.131. The lowest BCUT2D eigenvalue weighted by Crippen LogP contribution is -2.37. The van der Waals surface area contributed by atoms with Crippen LogP contribution in [0.1, 0.15) is 10.4 Å². The van der Waals surface area contributed by atoms with E-state index >= 15 is 0 Å². The lowest BCUT2D eigenvalue weighted by molar-refractivity contribution is -0.109. The Labute approximate surface area is 108 Å². The zero-order valence-corrected chi connectivity index (χ0v) is 10.8. The highest BCUT2D eigenvalue weighted by molar-refractivity contribution is 9.10. The lowest BCUT2D eigenvalue weighted by Gasteiger charge is -2.06. The second kappa shape index (κ2) is 7.81. The van der Waals surface area contributed by atoms with Crippen LogP contribution in [0.25, 0.3) is 0 Å². The smallest absolute Gasteiger partial charge is 0.252 e. The highest BCUT2D eigenvalue weighted by Crippen LogP contribution is 2.10. The number of amides is 2. The number of hydrogen-bond acceptors (Lipinski definition) is 3. The number of carbonyl (C=O) groups is 2. The number of hydrogen-bond donors (Lipinski definition) is 3. The van der Waals surface area contributed by atoms with Crippen molar-refractivity contribution in [1.82, 2.24) is 16.0 Å². The van der Waals surface area contributed by atoms with Gasteiger partial charge in [0.2, 0.25) is 6.41 Å². The van der Waals surface area contributed by atoms with Gasteiger partial charge in [-0.05, 0) is 24.3 Å². The minimum absolute atomic E-state index is 0.131. The molecule has 0 heterocycles. The van der Waals surface area contributed by atoms with Crippen LogP contribution in [-0.2, 0) is 4.79 Å². The molecule has 1 rings (SSSR count). The van der Waals surface area contributed by atoms with Crippen molar-refractivity contribution in [3.05, 3.63) is 34.3 Å². The molecule has 1 aromatic rings. The number of rotatable bonds is 7. The summed E-state index contributed by atoms with van der Waals surface area (Å²) in [5, 5.41) is 8.20. The molecule has 0 aliphatic heterocycles. The van der Waals surface area contributed by atoms with E-state index in [1.54, 1.807) is 12.1 Å².